The van der Waals surface area contributed by atoms with Crippen LogP contribution in [0.4, 0.5) is 0 Å². The van der Waals surface area contributed by atoms with Crippen LogP contribution in [0.1, 0.15) is 37.2 Å². The Labute approximate surface area is 117 Å². The maximum atomic E-state index is 12.6. The van der Waals surface area contributed by atoms with Crippen LogP contribution in [-0.2, 0) is 9.53 Å². The molecule has 1 aromatic heterocycles. The highest BCUT2D eigenvalue weighted by Crippen LogP contribution is 2.33. The molecule has 3 unspecified atom stereocenters. The zero-order valence-electron chi connectivity index (χ0n) is 11.2. The molecule has 19 heavy (non-hydrogen) atoms. The van der Waals surface area contributed by atoms with Gasteiger partial charge in [-0.2, -0.15) is 0 Å². The molecule has 3 heterocycles. The molecular formula is C14H20N2O2S. The van der Waals surface area contributed by atoms with Crippen LogP contribution in [0.15, 0.2) is 17.5 Å². The summed E-state index contributed by atoms with van der Waals surface area (Å²) in [6, 6.07) is 4.35. The third-order valence-electron chi connectivity index (χ3n) is 3.88. The highest BCUT2D eigenvalue weighted by molar-refractivity contribution is 7.10. The fourth-order valence-corrected chi connectivity index (χ4v) is 3.73. The SMILES string of the molecule is CCCC1NC(c2cccs2)N(C2CCOC2)C1=O. The highest BCUT2D eigenvalue weighted by atomic mass is 32.1. The van der Waals surface area contributed by atoms with Crippen LogP contribution in [0.5, 0.6) is 0 Å². The minimum Gasteiger partial charge on any atom is -0.379 e. The monoisotopic (exact) mass is 280 g/mol. The lowest BCUT2D eigenvalue weighted by Gasteiger charge is -2.28. The molecule has 3 atom stereocenters. The largest absolute Gasteiger partial charge is 0.379 e. The van der Waals surface area contributed by atoms with Crippen molar-refractivity contribution in [1.82, 2.24) is 10.2 Å². The molecule has 2 aliphatic rings. The molecule has 5 heteroatoms. The van der Waals surface area contributed by atoms with Crippen molar-refractivity contribution >= 4 is 17.2 Å². The summed E-state index contributed by atoms with van der Waals surface area (Å²) in [6.45, 7) is 3.56. The number of nitrogens with zero attached hydrogens (tertiary/aromatic N) is 1. The maximum absolute atomic E-state index is 12.6. The molecule has 1 amide bonds. The van der Waals surface area contributed by atoms with Gasteiger partial charge >= 0.3 is 0 Å². The van der Waals surface area contributed by atoms with Crippen LogP contribution in [0.25, 0.3) is 0 Å². The Kier molecular flexibility index (Phi) is 3.86. The van der Waals surface area contributed by atoms with Gasteiger partial charge < -0.3 is 9.64 Å². The quantitative estimate of drug-likeness (QED) is 0.918. The number of nitrogens with one attached hydrogen (secondary N) is 1. The molecule has 2 aliphatic heterocycles. The molecule has 0 aromatic carbocycles. The Bertz CT molecular complexity index is 429. The van der Waals surface area contributed by atoms with Gasteiger partial charge in [0, 0.05) is 11.5 Å². The summed E-state index contributed by atoms with van der Waals surface area (Å²) in [7, 11) is 0. The van der Waals surface area contributed by atoms with E-state index in [1.807, 2.05) is 11.0 Å². The van der Waals surface area contributed by atoms with E-state index in [9.17, 15) is 4.79 Å². The lowest BCUT2D eigenvalue weighted by molar-refractivity contribution is -0.132. The van der Waals surface area contributed by atoms with Gasteiger partial charge in [0.25, 0.3) is 0 Å². The zero-order valence-corrected chi connectivity index (χ0v) is 12.0. The number of ether oxygens (including phenoxy) is 1. The summed E-state index contributed by atoms with van der Waals surface area (Å²) in [5.41, 5.74) is 0. The number of hydrogen-bond donors (Lipinski definition) is 1. The van der Waals surface area contributed by atoms with Gasteiger partial charge in [0.15, 0.2) is 0 Å². The average Bonchev–Trinajstić information content (AvgIpc) is 3.11. The summed E-state index contributed by atoms with van der Waals surface area (Å²) >= 11 is 1.71. The fraction of sp³-hybridized carbons (Fsp3) is 0.643. The number of carbonyl (C=O) groups excluding carboxylic acids is 1. The molecule has 2 fully saturated rings. The predicted molar refractivity (Wildman–Crippen MR) is 75.0 cm³/mol. The van der Waals surface area contributed by atoms with Crippen LogP contribution in [-0.4, -0.2) is 36.1 Å². The first-order valence-electron chi connectivity index (χ1n) is 7.00. The summed E-state index contributed by atoms with van der Waals surface area (Å²) in [5, 5.41) is 5.57. The van der Waals surface area contributed by atoms with Crippen LogP contribution in [0, 0.1) is 0 Å². The molecule has 104 valence electrons. The van der Waals surface area contributed by atoms with E-state index in [2.05, 4.69) is 23.7 Å². The highest BCUT2D eigenvalue weighted by Gasteiger charge is 2.43. The van der Waals surface area contributed by atoms with Gasteiger partial charge in [-0.15, -0.1) is 11.3 Å². The second-order valence-corrected chi connectivity index (χ2v) is 6.17. The van der Waals surface area contributed by atoms with E-state index in [0.717, 1.165) is 25.9 Å². The van der Waals surface area contributed by atoms with Crippen molar-refractivity contribution in [3.05, 3.63) is 22.4 Å². The van der Waals surface area contributed by atoms with Crippen molar-refractivity contribution in [1.29, 1.82) is 0 Å². The Balaban J connectivity index is 1.85. The van der Waals surface area contributed by atoms with Gasteiger partial charge in [0.05, 0.1) is 18.7 Å². The van der Waals surface area contributed by atoms with Crippen molar-refractivity contribution in [3.8, 4) is 0 Å². The van der Waals surface area contributed by atoms with Crippen LogP contribution < -0.4 is 5.32 Å². The van der Waals surface area contributed by atoms with Gasteiger partial charge in [-0.25, -0.2) is 0 Å². The van der Waals surface area contributed by atoms with Crippen LogP contribution in [0.3, 0.4) is 0 Å². The van der Waals surface area contributed by atoms with E-state index in [1.54, 1.807) is 11.3 Å². The minimum absolute atomic E-state index is 0.0299. The van der Waals surface area contributed by atoms with Gasteiger partial charge in [0.1, 0.15) is 6.17 Å². The van der Waals surface area contributed by atoms with E-state index in [4.69, 9.17) is 4.74 Å². The van der Waals surface area contributed by atoms with E-state index < -0.39 is 0 Å². The van der Waals surface area contributed by atoms with Gasteiger partial charge in [-0.05, 0) is 24.3 Å². The number of thiophene rings is 1. The molecule has 0 aliphatic carbocycles. The molecule has 0 spiro atoms. The molecule has 1 N–H and O–H groups in total. The smallest absolute Gasteiger partial charge is 0.241 e. The second kappa shape index (κ2) is 5.61. The Morgan fingerprint density at radius 3 is 3.11 bits per heavy atom. The van der Waals surface area contributed by atoms with Crippen molar-refractivity contribution < 1.29 is 9.53 Å². The predicted octanol–water partition coefficient (Wildman–Crippen LogP) is 2.14. The van der Waals surface area contributed by atoms with Crippen LogP contribution >= 0.6 is 11.3 Å². The number of carbonyl (C=O) groups is 1. The lowest BCUT2D eigenvalue weighted by Crippen LogP contribution is -2.40. The first-order chi connectivity index (χ1) is 9.31. The molecular weight excluding hydrogens is 260 g/mol. The Hall–Kier alpha value is -0.910. The van der Waals surface area contributed by atoms with Crippen molar-refractivity contribution in [2.75, 3.05) is 13.2 Å². The second-order valence-electron chi connectivity index (χ2n) is 5.19. The summed E-state index contributed by atoms with van der Waals surface area (Å²) in [5.74, 6) is 0.246. The van der Waals surface area contributed by atoms with E-state index >= 15 is 0 Å². The van der Waals surface area contributed by atoms with Gasteiger partial charge in [-0.3, -0.25) is 10.1 Å². The van der Waals surface area contributed by atoms with Gasteiger partial charge in [-0.1, -0.05) is 19.4 Å². The molecule has 2 saturated heterocycles. The lowest BCUT2D eigenvalue weighted by atomic mass is 10.1. The summed E-state index contributed by atoms with van der Waals surface area (Å²) in [6.07, 6.45) is 2.92. The standard InChI is InChI=1S/C14H20N2O2S/c1-2-4-11-14(17)16(10-6-7-18-9-10)13(15-11)12-5-3-8-19-12/h3,5,8,10-11,13,15H,2,4,6-7,9H2,1H3. The van der Waals surface area contributed by atoms with E-state index in [-0.39, 0.29) is 24.2 Å². The van der Waals surface area contributed by atoms with Crippen molar-refractivity contribution in [2.24, 2.45) is 0 Å². The molecule has 0 saturated carbocycles. The first kappa shape index (κ1) is 13.1. The normalized spacial score (nSPS) is 31.3. The van der Waals surface area contributed by atoms with Gasteiger partial charge in [0.2, 0.25) is 5.91 Å². The molecule has 1 aromatic rings. The average molecular weight is 280 g/mol. The van der Waals surface area contributed by atoms with E-state index in [1.165, 1.54) is 4.88 Å². The molecule has 0 bridgehead atoms. The summed E-state index contributed by atoms with van der Waals surface area (Å²) in [4.78, 5) is 15.8. The van der Waals surface area contributed by atoms with E-state index in [0.29, 0.717) is 6.61 Å². The zero-order chi connectivity index (χ0) is 13.2. The molecule has 0 radical (unpaired) electrons. The Morgan fingerprint density at radius 2 is 2.47 bits per heavy atom. The minimum atomic E-state index is -0.0299. The number of rotatable bonds is 4. The first-order valence-corrected chi connectivity index (χ1v) is 7.88. The number of amides is 1. The third kappa shape index (κ3) is 2.42. The van der Waals surface area contributed by atoms with Crippen molar-refractivity contribution in [3.63, 3.8) is 0 Å². The molecule has 3 rings (SSSR count). The number of hydrogen-bond acceptors (Lipinski definition) is 4. The van der Waals surface area contributed by atoms with Crippen LogP contribution in [0.2, 0.25) is 0 Å². The maximum Gasteiger partial charge on any atom is 0.241 e. The van der Waals surface area contributed by atoms with Crippen molar-refractivity contribution in [2.45, 2.75) is 44.4 Å². The summed E-state index contributed by atoms with van der Waals surface area (Å²) < 4.78 is 5.46. The molecule has 4 nitrogen and oxygen atoms in total. The Morgan fingerprint density at radius 1 is 1.58 bits per heavy atom. The topological polar surface area (TPSA) is 41.6 Å². The fourth-order valence-electron chi connectivity index (χ4n) is 2.94. The third-order valence-corrected chi connectivity index (χ3v) is 4.80.